The van der Waals surface area contributed by atoms with E-state index in [1.807, 2.05) is 0 Å². The second-order valence-corrected chi connectivity index (χ2v) is 20.7. The Labute approximate surface area is 490 Å². The molecule has 0 radical (unpaired) electrons. The quantitative estimate of drug-likeness (QED) is 0.0150. The van der Waals surface area contributed by atoms with Gasteiger partial charge < -0.3 is 91.3 Å². The molecule has 30 heteroatoms. The number of likely N-dealkylation sites (tertiary alicyclic amines) is 1. The van der Waals surface area contributed by atoms with E-state index in [0.29, 0.717) is 24.0 Å². The second kappa shape index (κ2) is 33.8. The van der Waals surface area contributed by atoms with Gasteiger partial charge in [-0.05, 0) is 68.6 Å². The van der Waals surface area contributed by atoms with Gasteiger partial charge in [0.1, 0.15) is 48.3 Å². The summed E-state index contributed by atoms with van der Waals surface area (Å²) in [5.41, 5.74) is 29.1. The van der Waals surface area contributed by atoms with Crippen LogP contribution >= 0.6 is 0 Å². The summed E-state index contributed by atoms with van der Waals surface area (Å²) >= 11 is 0. The molecule has 1 aromatic heterocycles. The number of nitrogens with one attached hydrogen (secondary N) is 9. The number of H-pyrrole nitrogens is 1. The highest BCUT2D eigenvalue weighted by Gasteiger charge is 2.40. The highest BCUT2D eigenvalue weighted by molar-refractivity contribution is 5.99. The highest BCUT2D eigenvalue weighted by atomic mass is 16.4. The molecule has 21 N–H and O–H groups in total. The molecule has 1 fully saturated rings. The van der Waals surface area contributed by atoms with Crippen LogP contribution in [-0.4, -0.2) is 178 Å². The van der Waals surface area contributed by atoms with Gasteiger partial charge in [-0.15, -0.1) is 0 Å². The lowest BCUT2D eigenvalue weighted by atomic mass is 9.97. The van der Waals surface area contributed by atoms with E-state index in [4.69, 9.17) is 28.7 Å². The molecule has 0 aliphatic carbocycles. The minimum Gasteiger partial charge on any atom is -0.480 e. The molecule has 1 aliphatic heterocycles. The van der Waals surface area contributed by atoms with Crippen LogP contribution in [0.4, 0.5) is 0 Å². The maximum atomic E-state index is 14.1. The number of aromatic nitrogens is 1. The zero-order chi connectivity index (χ0) is 62.9. The normalized spacial score (nSPS) is 16.0. The van der Waals surface area contributed by atoms with Crippen molar-refractivity contribution in [3.8, 4) is 0 Å². The van der Waals surface area contributed by atoms with E-state index in [9.17, 15) is 67.7 Å². The molecule has 2 aromatic carbocycles. The maximum Gasteiger partial charge on any atom is 0.326 e. The summed E-state index contributed by atoms with van der Waals surface area (Å²) in [6, 6.07) is 3.35. The predicted molar refractivity (Wildman–Crippen MR) is 308 cm³/mol. The fraction of sp³-hybridized carbons (Fsp3) is 0.509. The molecule has 1 saturated heterocycles. The molecule has 0 unspecified atom stereocenters. The van der Waals surface area contributed by atoms with E-state index in [-0.39, 0.29) is 70.4 Å². The number of rotatable bonds is 35. The topological polar surface area (TPSA) is 503 Å². The van der Waals surface area contributed by atoms with Crippen molar-refractivity contribution in [1.82, 2.24) is 52.4 Å². The number of guanidine groups is 1. The van der Waals surface area contributed by atoms with Gasteiger partial charge in [0.15, 0.2) is 5.96 Å². The SMILES string of the molecule is CC[C@H](C)[C@H](NC(=O)[C@H](CCC(N)=O)NC(=O)[C@H](Cc1ccccc1)NC(=O)[C@H](C)NC(=O)[C@@H](N)CCC(N)=O)C(=O)NCC(=O)N[C@@H](CO)C(=O)N1CCC[C@H]1C(=O)N[C@@H](Cc1c[nH]c2ccccc12)C(=O)N[C@@H](CCCN=C(N)N)C(=O)O. The Hall–Kier alpha value is -9.19. The molecular weight excluding hydrogens is 1110 g/mol. The first-order valence-corrected chi connectivity index (χ1v) is 27.8. The summed E-state index contributed by atoms with van der Waals surface area (Å²) in [5, 5.41) is 41.2. The van der Waals surface area contributed by atoms with E-state index >= 15 is 0 Å². The number of fused-ring (bicyclic) bond motifs is 1. The van der Waals surface area contributed by atoms with E-state index in [1.165, 1.54) is 6.92 Å². The number of primary amides is 2. The van der Waals surface area contributed by atoms with Crippen molar-refractivity contribution < 1.29 is 67.7 Å². The zero-order valence-corrected chi connectivity index (χ0v) is 47.7. The number of nitrogens with zero attached hydrogens (tertiary/aromatic N) is 2. The molecule has 10 atom stereocenters. The first kappa shape index (κ1) is 68.3. The Balaban J connectivity index is 1.44. The van der Waals surface area contributed by atoms with Crippen molar-refractivity contribution in [2.24, 2.45) is 39.6 Å². The molecule has 2 heterocycles. The lowest BCUT2D eigenvalue weighted by Gasteiger charge is -2.29. The number of aliphatic carboxylic acids is 1. The van der Waals surface area contributed by atoms with Crippen molar-refractivity contribution in [2.75, 3.05) is 26.2 Å². The average Bonchev–Trinajstić information content (AvgIpc) is 3.29. The third kappa shape index (κ3) is 21.8. The minimum atomic E-state index is -1.63. The summed E-state index contributed by atoms with van der Waals surface area (Å²) in [6.07, 6.45) is 1.25. The van der Waals surface area contributed by atoms with Gasteiger partial charge in [-0.1, -0.05) is 68.8 Å². The van der Waals surface area contributed by atoms with Gasteiger partial charge in [-0.3, -0.25) is 57.7 Å². The van der Waals surface area contributed by atoms with Crippen molar-refractivity contribution in [2.45, 2.75) is 146 Å². The minimum absolute atomic E-state index is 0.00590. The van der Waals surface area contributed by atoms with E-state index < -0.39 is 151 Å². The Morgan fingerprint density at radius 1 is 0.682 bits per heavy atom. The van der Waals surface area contributed by atoms with Gasteiger partial charge in [0.2, 0.25) is 65.0 Å². The number of aromatic amines is 1. The monoisotopic (exact) mass is 1190 g/mol. The number of carboxylic acid groups (broad SMARTS) is 1. The van der Waals surface area contributed by atoms with Crippen LogP contribution in [0.25, 0.3) is 10.9 Å². The van der Waals surface area contributed by atoms with E-state index in [2.05, 4.69) is 52.5 Å². The number of benzene rings is 2. The van der Waals surface area contributed by atoms with Gasteiger partial charge in [0.25, 0.3) is 0 Å². The third-order valence-electron chi connectivity index (χ3n) is 14.2. The number of aliphatic hydroxyl groups is 1. The lowest BCUT2D eigenvalue weighted by Crippen LogP contribution is -2.60. The molecule has 85 heavy (non-hydrogen) atoms. The van der Waals surface area contributed by atoms with Crippen LogP contribution in [0.1, 0.15) is 89.7 Å². The van der Waals surface area contributed by atoms with Crippen molar-refractivity contribution in [3.05, 3.63) is 71.9 Å². The number of carboxylic acids is 1. The van der Waals surface area contributed by atoms with E-state index in [0.717, 1.165) is 15.8 Å². The molecule has 11 amide bonds. The fourth-order valence-corrected chi connectivity index (χ4v) is 9.20. The Bertz CT molecular complexity index is 2880. The Morgan fingerprint density at radius 2 is 1.29 bits per heavy atom. The third-order valence-corrected chi connectivity index (χ3v) is 14.2. The summed E-state index contributed by atoms with van der Waals surface area (Å²) in [7, 11) is 0. The van der Waals surface area contributed by atoms with Crippen LogP contribution in [0.2, 0.25) is 0 Å². The van der Waals surface area contributed by atoms with Gasteiger partial charge in [0.05, 0.1) is 19.2 Å². The average molecular weight is 1190 g/mol. The van der Waals surface area contributed by atoms with Gasteiger partial charge in [-0.25, -0.2) is 4.79 Å². The van der Waals surface area contributed by atoms with Gasteiger partial charge in [-0.2, -0.15) is 0 Å². The first-order valence-electron chi connectivity index (χ1n) is 27.8. The van der Waals surface area contributed by atoms with Crippen molar-refractivity contribution >= 4 is 87.8 Å². The molecule has 0 spiro atoms. The van der Waals surface area contributed by atoms with Crippen LogP contribution < -0.4 is 71.2 Å². The van der Waals surface area contributed by atoms with Crippen LogP contribution in [0, 0.1) is 5.92 Å². The number of aliphatic hydroxyl groups excluding tert-OH is 1. The first-order chi connectivity index (χ1) is 40.3. The molecule has 30 nitrogen and oxygen atoms in total. The predicted octanol–water partition coefficient (Wildman–Crippen LogP) is -4.49. The summed E-state index contributed by atoms with van der Waals surface area (Å²) in [5.74, 6) is -11.4. The van der Waals surface area contributed by atoms with E-state index in [1.54, 1.807) is 74.6 Å². The molecule has 464 valence electrons. The number of hydrogen-bond donors (Lipinski definition) is 16. The number of para-hydroxylation sites is 1. The molecule has 4 rings (SSSR count). The molecular formula is C55H80N16O14. The molecule has 1 aliphatic rings. The summed E-state index contributed by atoms with van der Waals surface area (Å²) in [4.78, 5) is 167. The Morgan fingerprint density at radius 3 is 1.93 bits per heavy atom. The number of carbonyl (C=O) groups is 12. The summed E-state index contributed by atoms with van der Waals surface area (Å²) < 4.78 is 0. The van der Waals surface area contributed by atoms with Crippen LogP contribution in [-0.2, 0) is 70.4 Å². The second-order valence-electron chi connectivity index (χ2n) is 20.7. The number of aliphatic imine (C=N–C) groups is 1. The maximum absolute atomic E-state index is 14.1. The highest BCUT2D eigenvalue weighted by Crippen LogP contribution is 2.22. The van der Waals surface area contributed by atoms with Crippen LogP contribution in [0.5, 0.6) is 0 Å². The Kier molecular flexibility index (Phi) is 27.2. The molecule has 0 saturated carbocycles. The molecule has 3 aromatic rings. The number of hydrogen-bond acceptors (Lipinski definition) is 15. The van der Waals surface area contributed by atoms with Crippen LogP contribution in [0.15, 0.2) is 65.8 Å². The fourth-order valence-electron chi connectivity index (χ4n) is 9.20. The number of amides is 11. The van der Waals surface area contributed by atoms with Gasteiger partial charge in [0, 0.05) is 55.9 Å². The largest absolute Gasteiger partial charge is 0.480 e. The molecule has 0 bridgehead atoms. The smallest absolute Gasteiger partial charge is 0.326 e. The lowest BCUT2D eigenvalue weighted by molar-refractivity contribution is -0.144. The van der Waals surface area contributed by atoms with Crippen molar-refractivity contribution in [3.63, 3.8) is 0 Å². The standard InChI is InChI=1S/C55H80N16O14/c1-4-29(2)45(70-48(78)36(19-21-43(58)74)66-49(79)38(24-31-12-6-5-7-13-31)68-46(76)30(3)64-47(77)34(56)18-20-42(57)73)52(82)63-27-44(75)65-40(28-72)53(83)71-23-11-17-41(71)51(81)69-39(25-32-26-62-35-15-9-8-14-33(32)35)50(80)67-37(54(84)85)16-10-22-61-55(59)60/h5-9,12-15,26,29-30,34,36-41,45,62,72H,4,10-11,16-25,27-28,56H2,1-3H3,(H2,57,73)(H2,58,74)(H,63,82)(H,64,77)(H,65,75)(H,66,79)(H,67,80)(H,68,76)(H,69,81)(H,70,78)(H,84,85)(H4,59,60,61)/t29-,30-,34-,36-,37-,38-,39-,40-,41-,45-/m0/s1. The van der Waals surface area contributed by atoms with Gasteiger partial charge >= 0.3 is 5.97 Å². The number of carbonyl (C=O) groups excluding carboxylic acids is 11. The van der Waals surface area contributed by atoms with Crippen LogP contribution in [0.3, 0.4) is 0 Å². The number of nitrogens with two attached hydrogens (primary N) is 5. The zero-order valence-electron chi connectivity index (χ0n) is 47.7. The summed E-state index contributed by atoms with van der Waals surface area (Å²) in [6.45, 7) is 3.02. The van der Waals surface area contributed by atoms with Crippen molar-refractivity contribution in [1.29, 1.82) is 0 Å².